The van der Waals surface area contributed by atoms with Crippen LogP contribution in [0.1, 0.15) is 44.9 Å². The normalized spacial score (nSPS) is 19.9. The van der Waals surface area contributed by atoms with Gasteiger partial charge in [0.15, 0.2) is 11.5 Å². The van der Waals surface area contributed by atoms with Crippen LogP contribution in [0, 0.1) is 5.92 Å². The van der Waals surface area contributed by atoms with E-state index in [0.29, 0.717) is 42.4 Å². The summed E-state index contributed by atoms with van der Waals surface area (Å²) in [5.74, 6) is 1.52. The van der Waals surface area contributed by atoms with E-state index in [0.717, 1.165) is 38.8 Å². The highest BCUT2D eigenvalue weighted by Gasteiger charge is 2.42. The standard InChI is InChI=1S/C21H31N3O4.ClH/c1-27-17-7-6-16(13-18(17)28-2)23-20(26)21(10-3-4-11-21)24-19(25)8-5-15-9-12-22-14-15;/h6-7,13,15,22H,3-5,8-12,14H2,1-2H3,(H,23,26)(H,24,25);1H. The number of anilines is 1. The lowest BCUT2D eigenvalue weighted by Gasteiger charge is -2.29. The van der Waals surface area contributed by atoms with Gasteiger partial charge in [0.05, 0.1) is 14.2 Å². The van der Waals surface area contributed by atoms with Gasteiger partial charge in [-0.15, -0.1) is 12.4 Å². The maximum atomic E-state index is 13.1. The smallest absolute Gasteiger partial charge is 0.250 e. The number of carbonyl (C=O) groups is 2. The van der Waals surface area contributed by atoms with Gasteiger partial charge in [-0.05, 0) is 56.8 Å². The topological polar surface area (TPSA) is 88.7 Å². The van der Waals surface area contributed by atoms with Gasteiger partial charge in [0, 0.05) is 18.2 Å². The van der Waals surface area contributed by atoms with E-state index in [1.807, 2.05) is 0 Å². The first-order valence-corrected chi connectivity index (χ1v) is 10.1. The van der Waals surface area contributed by atoms with Crippen LogP contribution in [-0.2, 0) is 9.59 Å². The fourth-order valence-corrected chi connectivity index (χ4v) is 4.18. The molecule has 2 aliphatic rings. The maximum absolute atomic E-state index is 13.1. The number of halogens is 1. The van der Waals surface area contributed by atoms with E-state index in [9.17, 15) is 9.59 Å². The van der Waals surface area contributed by atoms with Gasteiger partial charge in [0.1, 0.15) is 5.54 Å². The molecule has 3 N–H and O–H groups in total. The molecule has 0 spiro atoms. The summed E-state index contributed by atoms with van der Waals surface area (Å²) in [5, 5.41) is 9.34. The van der Waals surface area contributed by atoms with E-state index in [-0.39, 0.29) is 24.2 Å². The number of nitrogens with one attached hydrogen (secondary N) is 3. The van der Waals surface area contributed by atoms with Gasteiger partial charge in [0.2, 0.25) is 11.8 Å². The zero-order valence-electron chi connectivity index (χ0n) is 17.2. The first-order valence-electron chi connectivity index (χ1n) is 10.1. The van der Waals surface area contributed by atoms with Crippen LogP contribution >= 0.6 is 12.4 Å². The summed E-state index contributed by atoms with van der Waals surface area (Å²) in [5.41, 5.74) is -0.196. The fourth-order valence-electron chi connectivity index (χ4n) is 4.18. The molecule has 1 heterocycles. The number of hydrogen-bond acceptors (Lipinski definition) is 5. The Morgan fingerprint density at radius 2 is 1.90 bits per heavy atom. The van der Waals surface area contributed by atoms with E-state index in [1.165, 1.54) is 0 Å². The molecule has 0 bridgehead atoms. The van der Waals surface area contributed by atoms with Gasteiger partial charge in [0.25, 0.3) is 0 Å². The molecule has 1 aliphatic carbocycles. The van der Waals surface area contributed by atoms with Gasteiger partial charge in [-0.1, -0.05) is 12.8 Å². The molecule has 1 aromatic rings. The third-order valence-corrected chi connectivity index (χ3v) is 5.85. The van der Waals surface area contributed by atoms with Crippen molar-refractivity contribution in [1.29, 1.82) is 0 Å². The van der Waals surface area contributed by atoms with Crippen LogP contribution in [0.5, 0.6) is 11.5 Å². The summed E-state index contributed by atoms with van der Waals surface area (Å²) in [6.07, 6.45) is 5.67. The van der Waals surface area contributed by atoms with Crippen molar-refractivity contribution < 1.29 is 19.1 Å². The number of amides is 2. The van der Waals surface area contributed by atoms with Gasteiger partial charge in [-0.2, -0.15) is 0 Å². The summed E-state index contributed by atoms with van der Waals surface area (Å²) in [4.78, 5) is 25.6. The summed E-state index contributed by atoms with van der Waals surface area (Å²) in [6.45, 7) is 2.02. The zero-order valence-corrected chi connectivity index (χ0v) is 18.0. The summed E-state index contributed by atoms with van der Waals surface area (Å²) in [6, 6.07) is 5.26. The van der Waals surface area contributed by atoms with Crippen LogP contribution < -0.4 is 25.4 Å². The summed E-state index contributed by atoms with van der Waals surface area (Å²) >= 11 is 0. The van der Waals surface area contributed by atoms with E-state index < -0.39 is 5.54 Å². The first-order chi connectivity index (χ1) is 13.6. The lowest BCUT2D eigenvalue weighted by molar-refractivity contribution is -0.130. The molecule has 29 heavy (non-hydrogen) atoms. The number of methoxy groups -OCH3 is 2. The Kier molecular flexibility index (Phi) is 8.59. The average Bonchev–Trinajstić information content (AvgIpc) is 3.39. The van der Waals surface area contributed by atoms with E-state index >= 15 is 0 Å². The lowest BCUT2D eigenvalue weighted by atomic mass is 9.95. The predicted octanol–water partition coefficient (Wildman–Crippen LogP) is 2.88. The monoisotopic (exact) mass is 425 g/mol. The Hall–Kier alpha value is -1.99. The Bertz CT molecular complexity index is 701. The molecule has 2 fully saturated rings. The van der Waals surface area contributed by atoms with Crippen LogP contribution in [0.2, 0.25) is 0 Å². The molecule has 7 nitrogen and oxygen atoms in total. The minimum atomic E-state index is -0.821. The molecular formula is C21H32ClN3O4. The van der Waals surface area contributed by atoms with Crippen molar-refractivity contribution in [2.24, 2.45) is 5.92 Å². The van der Waals surface area contributed by atoms with E-state index in [4.69, 9.17) is 9.47 Å². The molecule has 1 saturated heterocycles. The highest BCUT2D eigenvalue weighted by atomic mass is 35.5. The number of hydrogen-bond donors (Lipinski definition) is 3. The van der Waals surface area contributed by atoms with Crippen LogP contribution in [0.25, 0.3) is 0 Å². The molecule has 1 atom stereocenters. The summed E-state index contributed by atoms with van der Waals surface area (Å²) in [7, 11) is 3.13. The number of ether oxygens (including phenoxy) is 2. The highest BCUT2D eigenvalue weighted by molar-refractivity contribution is 6.01. The minimum Gasteiger partial charge on any atom is -0.493 e. The van der Waals surface area contributed by atoms with Crippen LogP contribution in [0.3, 0.4) is 0 Å². The second-order valence-corrected chi connectivity index (χ2v) is 7.76. The van der Waals surface area contributed by atoms with Gasteiger partial charge in [-0.3, -0.25) is 9.59 Å². The van der Waals surface area contributed by atoms with Crippen molar-refractivity contribution in [2.75, 3.05) is 32.6 Å². The molecule has 0 radical (unpaired) electrons. The largest absolute Gasteiger partial charge is 0.493 e. The molecule has 1 saturated carbocycles. The third kappa shape index (κ3) is 5.76. The third-order valence-electron chi connectivity index (χ3n) is 5.85. The SMILES string of the molecule is COc1ccc(NC(=O)C2(NC(=O)CCC3CCNC3)CCCC2)cc1OC.Cl. The first kappa shape index (κ1) is 23.3. The van der Waals surface area contributed by atoms with Gasteiger partial charge in [-0.25, -0.2) is 0 Å². The van der Waals surface area contributed by atoms with Crippen molar-refractivity contribution in [1.82, 2.24) is 10.6 Å². The molecule has 162 valence electrons. The molecule has 1 unspecified atom stereocenters. The predicted molar refractivity (Wildman–Crippen MR) is 115 cm³/mol. The van der Waals surface area contributed by atoms with Crippen molar-refractivity contribution in [3.63, 3.8) is 0 Å². The molecule has 3 rings (SSSR count). The molecule has 8 heteroatoms. The van der Waals surface area contributed by atoms with Crippen LogP contribution in [0.15, 0.2) is 18.2 Å². The van der Waals surface area contributed by atoms with E-state index in [2.05, 4.69) is 16.0 Å². The molecular weight excluding hydrogens is 394 g/mol. The van der Waals surface area contributed by atoms with E-state index in [1.54, 1.807) is 32.4 Å². The van der Waals surface area contributed by atoms with Crippen molar-refractivity contribution in [3.05, 3.63) is 18.2 Å². The van der Waals surface area contributed by atoms with Crippen LogP contribution in [0.4, 0.5) is 5.69 Å². The second kappa shape index (κ2) is 10.7. The Morgan fingerprint density at radius 1 is 1.17 bits per heavy atom. The highest BCUT2D eigenvalue weighted by Crippen LogP contribution is 2.33. The number of carbonyl (C=O) groups excluding carboxylic acids is 2. The second-order valence-electron chi connectivity index (χ2n) is 7.76. The Balaban J connectivity index is 0.00000300. The molecule has 1 aromatic carbocycles. The van der Waals surface area contributed by atoms with Crippen molar-refractivity contribution in [3.8, 4) is 11.5 Å². The Morgan fingerprint density at radius 3 is 2.52 bits per heavy atom. The Labute approximate surface area is 178 Å². The molecule has 2 amide bonds. The van der Waals surface area contributed by atoms with Gasteiger partial charge >= 0.3 is 0 Å². The summed E-state index contributed by atoms with van der Waals surface area (Å²) < 4.78 is 10.5. The van der Waals surface area contributed by atoms with Crippen LogP contribution in [-0.4, -0.2) is 44.7 Å². The zero-order chi connectivity index (χ0) is 20.0. The number of rotatable bonds is 8. The minimum absolute atomic E-state index is 0. The van der Waals surface area contributed by atoms with Crippen molar-refractivity contribution >= 4 is 29.9 Å². The fraction of sp³-hybridized carbons (Fsp3) is 0.619. The lowest BCUT2D eigenvalue weighted by Crippen LogP contribution is -2.55. The average molecular weight is 426 g/mol. The molecule has 1 aliphatic heterocycles. The number of benzene rings is 1. The molecule has 0 aromatic heterocycles. The van der Waals surface area contributed by atoms with Gasteiger partial charge < -0.3 is 25.4 Å². The van der Waals surface area contributed by atoms with Crippen molar-refractivity contribution in [2.45, 2.75) is 50.5 Å². The maximum Gasteiger partial charge on any atom is 0.250 e. The quantitative estimate of drug-likeness (QED) is 0.596.